The molecule has 1 aromatic carbocycles. The van der Waals surface area contributed by atoms with Crippen molar-refractivity contribution in [1.82, 2.24) is 20.4 Å². The molecule has 0 radical (unpaired) electrons. The molecule has 2 heterocycles. The quantitative estimate of drug-likeness (QED) is 0.902. The summed E-state index contributed by atoms with van der Waals surface area (Å²) in [5.41, 5.74) is 1.65. The molecule has 0 unspecified atom stereocenters. The Bertz CT molecular complexity index is 673. The molecule has 5 nitrogen and oxygen atoms in total. The third kappa shape index (κ3) is 3.75. The van der Waals surface area contributed by atoms with Gasteiger partial charge in [-0.25, -0.2) is 9.18 Å². The summed E-state index contributed by atoms with van der Waals surface area (Å²) in [6.45, 7) is 2.63. The van der Waals surface area contributed by atoms with Gasteiger partial charge >= 0.3 is 6.03 Å². The van der Waals surface area contributed by atoms with Gasteiger partial charge in [-0.15, -0.1) is 0 Å². The molecule has 0 spiro atoms. The third-order valence-corrected chi connectivity index (χ3v) is 4.52. The van der Waals surface area contributed by atoms with Gasteiger partial charge in [-0.1, -0.05) is 18.2 Å². The van der Waals surface area contributed by atoms with Gasteiger partial charge in [-0.2, -0.15) is 5.10 Å². The summed E-state index contributed by atoms with van der Waals surface area (Å²) in [7, 11) is 0. The van der Waals surface area contributed by atoms with E-state index in [0.29, 0.717) is 12.0 Å². The Labute approximate surface area is 141 Å². The summed E-state index contributed by atoms with van der Waals surface area (Å²) in [5.74, 6) is -0.229. The maximum atomic E-state index is 13.8. The molecule has 2 amide bonds. The van der Waals surface area contributed by atoms with Crippen molar-refractivity contribution < 1.29 is 9.18 Å². The van der Waals surface area contributed by atoms with Gasteiger partial charge in [-0.3, -0.25) is 5.10 Å². The number of aromatic amines is 1. The van der Waals surface area contributed by atoms with Crippen molar-refractivity contribution in [3.63, 3.8) is 0 Å². The number of hydrogen-bond donors (Lipinski definition) is 2. The molecule has 2 N–H and O–H groups in total. The molecular weight excluding hydrogens is 307 g/mol. The van der Waals surface area contributed by atoms with Crippen LogP contribution in [0.5, 0.6) is 0 Å². The van der Waals surface area contributed by atoms with E-state index in [4.69, 9.17) is 0 Å². The first-order valence-corrected chi connectivity index (χ1v) is 8.44. The molecule has 1 aromatic heterocycles. The highest BCUT2D eigenvalue weighted by Gasteiger charge is 2.29. The number of hydrogen-bond acceptors (Lipinski definition) is 2. The van der Waals surface area contributed by atoms with E-state index in [-0.39, 0.29) is 23.9 Å². The molecule has 2 atom stereocenters. The maximum Gasteiger partial charge on any atom is 0.318 e. The van der Waals surface area contributed by atoms with Gasteiger partial charge in [0.1, 0.15) is 5.82 Å². The lowest BCUT2D eigenvalue weighted by Gasteiger charge is -2.36. The molecule has 3 rings (SSSR count). The lowest BCUT2D eigenvalue weighted by atomic mass is 9.98. The molecule has 2 aromatic rings. The minimum absolute atomic E-state index is 0.0539. The van der Waals surface area contributed by atoms with Crippen molar-refractivity contribution in [3.8, 4) is 0 Å². The van der Waals surface area contributed by atoms with Gasteiger partial charge < -0.3 is 10.2 Å². The fraction of sp³-hybridized carbons (Fsp3) is 0.444. The Hall–Kier alpha value is -2.37. The predicted octanol–water partition coefficient (Wildman–Crippen LogP) is 3.42. The summed E-state index contributed by atoms with van der Waals surface area (Å²) in [6, 6.07) is 6.51. The van der Waals surface area contributed by atoms with Gasteiger partial charge in [0.2, 0.25) is 0 Å². The highest BCUT2D eigenvalue weighted by Crippen LogP contribution is 2.30. The van der Waals surface area contributed by atoms with Gasteiger partial charge in [0.15, 0.2) is 0 Å². The van der Waals surface area contributed by atoms with Gasteiger partial charge in [0, 0.05) is 24.3 Å². The first kappa shape index (κ1) is 16.5. The van der Waals surface area contributed by atoms with E-state index in [2.05, 4.69) is 15.5 Å². The summed E-state index contributed by atoms with van der Waals surface area (Å²) >= 11 is 0. The first-order chi connectivity index (χ1) is 11.6. The molecule has 6 heteroatoms. The van der Waals surface area contributed by atoms with Crippen molar-refractivity contribution in [2.75, 3.05) is 6.54 Å². The topological polar surface area (TPSA) is 61.0 Å². The molecule has 0 aliphatic carbocycles. The van der Waals surface area contributed by atoms with Crippen molar-refractivity contribution in [2.45, 2.75) is 44.7 Å². The van der Waals surface area contributed by atoms with Crippen LogP contribution >= 0.6 is 0 Å². The number of carbonyl (C=O) groups excluding carboxylic acids is 1. The van der Waals surface area contributed by atoms with E-state index in [9.17, 15) is 9.18 Å². The van der Waals surface area contributed by atoms with E-state index < -0.39 is 0 Å². The van der Waals surface area contributed by atoms with Crippen molar-refractivity contribution >= 4 is 6.03 Å². The molecule has 0 bridgehead atoms. The number of piperidine rings is 1. The molecule has 1 aliphatic rings. The second-order valence-corrected chi connectivity index (χ2v) is 6.38. The molecule has 1 fully saturated rings. The molecule has 1 saturated heterocycles. The number of H-pyrrole nitrogens is 1. The average Bonchev–Trinajstić information content (AvgIpc) is 3.11. The molecule has 24 heavy (non-hydrogen) atoms. The number of halogens is 1. The summed E-state index contributed by atoms with van der Waals surface area (Å²) in [6.07, 6.45) is 7.14. The summed E-state index contributed by atoms with van der Waals surface area (Å²) < 4.78 is 13.8. The second kappa shape index (κ2) is 7.47. The Morgan fingerprint density at radius 2 is 2.29 bits per heavy atom. The van der Waals surface area contributed by atoms with E-state index in [0.717, 1.165) is 31.4 Å². The third-order valence-electron chi connectivity index (χ3n) is 4.52. The minimum atomic E-state index is -0.229. The number of benzene rings is 1. The summed E-state index contributed by atoms with van der Waals surface area (Å²) in [4.78, 5) is 14.5. The van der Waals surface area contributed by atoms with Crippen LogP contribution in [0, 0.1) is 5.82 Å². The Balaban J connectivity index is 1.63. The van der Waals surface area contributed by atoms with Crippen LogP contribution in [0.2, 0.25) is 0 Å². The summed E-state index contributed by atoms with van der Waals surface area (Å²) in [5, 5.41) is 9.82. The van der Waals surface area contributed by atoms with Crippen LogP contribution in [0.25, 0.3) is 0 Å². The highest BCUT2D eigenvalue weighted by atomic mass is 19.1. The SMILES string of the molecule is C[C@@H](Cc1ccccc1F)NC(=O)N1CCCC[C@@H]1c1cn[nH]c1. The van der Waals surface area contributed by atoms with E-state index in [1.165, 1.54) is 6.07 Å². The first-order valence-electron chi connectivity index (χ1n) is 8.44. The number of aromatic nitrogens is 2. The zero-order valence-corrected chi connectivity index (χ0v) is 13.8. The predicted molar refractivity (Wildman–Crippen MR) is 90.0 cm³/mol. The number of carbonyl (C=O) groups is 1. The average molecular weight is 330 g/mol. The molecule has 0 saturated carbocycles. The van der Waals surface area contributed by atoms with Gasteiger partial charge in [0.25, 0.3) is 0 Å². The maximum absolute atomic E-state index is 13.8. The number of likely N-dealkylation sites (tertiary alicyclic amines) is 1. The smallest absolute Gasteiger partial charge is 0.318 e. The zero-order valence-electron chi connectivity index (χ0n) is 13.8. The number of nitrogens with zero attached hydrogens (tertiary/aromatic N) is 2. The van der Waals surface area contributed by atoms with Crippen molar-refractivity contribution in [1.29, 1.82) is 0 Å². The number of nitrogens with one attached hydrogen (secondary N) is 2. The Kier molecular flexibility index (Phi) is 5.13. The lowest BCUT2D eigenvalue weighted by Crippen LogP contribution is -2.47. The largest absolute Gasteiger partial charge is 0.335 e. The van der Waals surface area contributed by atoms with Crippen LogP contribution in [0.1, 0.15) is 43.4 Å². The fourth-order valence-corrected chi connectivity index (χ4v) is 3.30. The van der Waals surface area contributed by atoms with E-state index in [1.54, 1.807) is 18.3 Å². The number of urea groups is 1. The van der Waals surface area contributed by atoms with Crippen LogP contribution in [-0.2, 0) is 6.42 Å². The van der Waals surface area contributed by atoms with Crippen molar-refractivity contribution in [2.24, 2.45) is 0 Å². The molecular formula is C18H23FN4O. The molecule has 1 aliphatic heterocycles. The van der Waals surface area contributed by atoms with Crippen LogP contribution in [0.15, 0.2) is 36.7 Å². The highest BCUT2D eigenvalue weighted by molar-refractivity contribution is 5.75. The van der Waals surface area contributed by atoms with Crippen LogP contribution in [-0.4, -0.2) is 33.7 Å². The van der Waals surface area contributed by atoms with Gasteiger partial charge in [-0.05, 0) is 44.2 Å². The van der Waals surface area contributed by atoms with Crippen LogP contribution in [0.4, 0.5) is 9.18 Å². The van der Waals surface area contributed by atoms with Crippen molar-refractivity contribution in [3.05, 3.63) is 53.6 Å². The van der Waals surface area contributed by atoms with E-state index >= 15 is 0 Å². The second-order valence-electron chi connectivity index (χ2n) is 6.38. The normalized spacial score (nSPS) is 19.1. The monoisotopic (exact) mass is 330 g/mol. The van der Waals surface area contributed by atoms with Crippen LogP contribution < -0.4 is 5.32 Å². The lowest BCUT2D eigenvalue weighted by molar-refractivity contribution is 0.149. The standard InChI is InChI=1S/C18H23FN4O/c1-13(10-14-6-2-3-7-16(14)19)22-18(24)23-9-5-4-8-17(23)15-11-20-21-12-15/h2-3,6-7,11-13,17H,4-5,8-10H2,1H3,(H,20,21)(H,22,24)/t13-,17+/m0/s1. The number of amides is 2. The fourth-order valence-electron chi connectivity index (χ4n) is 3.30. The van der Waals surface area contributed by atoms with Gasteiger partial charge in [0.05, 0.1) is 12.2 Å². The molecule has 128 valence electrons. The number of rotatable bonds is 4. The van der Waals surface area contributed by atoms with Crippen LogP contribution in [0.3, 0.4) is 0 Å². The van der Waals surface area contributed by atoms with E-state index in [1.807, 2.05) is 24.1 Å². The zero-order chi connectivity index (χ0) is 16.9. The Morgan fingerprint density at radius 3 is 3.04 bits per heavy atom. The minimum Gasteiger partial charge on any atom is -0.335 e. The Morgan fingerprint density at radius 1 is 1.46 bits per heavy atom.